The van der Waals surface area contributed by atoms with Gasteiger partial charge in [0.15, 0.2) is 12.2 Å². The van der Waals surface area contributed by atoms with Crippen LogP contribution in [0.4, 0.5) is 0 Å². The maximum atomic E-state index is 13.0. The molecule has 0 aromatic heterocycles. The molecular weight excluding hydrogens is 1090 g/mol. The van der Waals surface area contributed by atoms with Crippen LogP contribution in [0.25, 0.3) is 0 Å². The van der Waals surface area contributed by atoms with E-state index in [-0.39, 0.29) is 25.7 Å². The van der Waals surface area contributed by atoms with Crippen LogP contribution in [0.2, 0.25) is 0 Å². The van der Waals surface area contributed by atoms with Crippen molar-refractivity contribution in [2.45, 2.75) is 330 Å². The van der Waals surface area contributed by atoms with Gasteiger partial charge < -0.3 is 33.8 Å². The molecule has 0 aromatic carbocycles. The number of carbonyl (C=O) groups is 4. The van der Waals surface area contributed by atoms with E-state index in [1.54, 1.807) is 0 Å². The van der Waals surface area contributed by atoms with Crippen molar-refractivity contribution in [2.24, 2.45) is 11.8 Å². The predicted octanol–water partition coefficient (Wildman–Crippen LogP) is 17.3. The first kappa shape index (κ1) is 80.1. The van der Waals surface area contributed by atoms with Crippen LogP contribution >= 0.6 is 15.6 Å². The van der Waals surface area contributed by atoms with E-state index in [1.807, 2.05) is 0 Å². The molecule has 0 spiro atoms. The zero-order valence-electron chi connectivity index (χ0n) is 52.8. The molecule has 0 aliphatic heterocycles. The quantitative estimate of drug-likeness (QED) is 0.0222. The van der Waals surface area contributed by atoms with Crippen molar-refractivity contribution >= 4 is 39.5 Å². The fourth-order valence-electron chi connectivity index (χ4n) is 9.32. The van der Waals surface area contributed by atoms with E-state index in [0.29, 0.717) is 31.6 Å². The standard InChI is InChI=1S/C63H122O17P2/c1-7-10-12-14-16-18-20-22-26-33-39-45-60(65)73-51-58(79-62(67)47-41-35-27-23-21-19-17-15-13-11-8-2)53-77-81(69,70)75-49-57(64)50-76-82(71,72)78-54-59(80-63(68)48-42-36-28-24-25-31-37-43-55(4)5)52-74-61(66)46-40-34-30-29-32-38-44-56(6)9-3/h55-59,64H,7-54H2,1-6H3,(H,69,70)(H,71,72)/t56?,57-,58-,59-/m1/s1. The minimum absolute atomic E-state index is 0.102. The van der Waals surface area contributed by atoms with Gasteiger partial charge in [-0.05, 0) is 37.5 Å². The van der Waals surface area contributed by atoms with Gasteiger partial charge >= 0.3 is 39.5 Å². The number of phosphoric acid groups is 2. The SMILES string of the molecule is CCCCCCCCCCCCCC(=O)OC[C@H](COP(=O)(O)OC[C@@H](O)COP(=O)(O)OC[C@@H](COC(=O)CCCCCCCCC(C)CC)OC(=O)CCCCCCCCCC(C)C)OC(=O)CCCCCCCCCCCCC. The van der Waals surface area contributed by atoms with Crippen LogP contribution in [0.1, 0.15) is 311 Å². The Bertz CT molecular complexity index is 1620. The maximum absolute atomic E-state index is 13.0. The van der Waals surface area contributed by atoms with Crippen molar-refractivity contribution in [3.05, 3.63) is 0 Å². The fourth-order valence-corrected chi connectivity index (χ4v) is 10.9. The molecule has 17 nitrogen and oxygen atoms in total. The summed E-state index contributed by atoms with van der Waals surface area (Å²) in [6.45, 7) is 9.38. The number of aliphatic hydroxyl groups is 1. The van der Waals surface area contributed by atoms with Crippen LogP contribution in [-0.2, 0) is 65.4 Å². The average Bonchev–Trinajstić information content (AvgIpc) is 3.44. The Morgan fingerprint density at radius 1 is 0.354 bits per heavy atom. The molecule has 0 aromatic rings. The van der Waals surface area contributed by atoms with E-state index in [2.05, 4.69) is 41.5 Å². The third-order valence-electron chi connectivity index (χ3n) is 14.8. The molecule has 82 heavy (non-hydrogen) atoms. The lowest BCUT2D eigenvalue weighted by Crippen LogP contribution is -2.30. The summed E-state index contributed by atoms with van der Waals surface area (Å²) in [7, 11) is -9.88. The highest BCUT2D eigenvalue weighted by Crippen LogP contribution is 2.45. The van der Waals surface area contributed by atoms with Crippen molar-refractivity contribution in [3.8, 4) is 0 Å². The van der Waals surface area contributed by atoms with Gasteiger partial charge in [0.2, 0.25) is 0 Å². The Morgan fingerprint density at radius 3 is 0.927 bits per heavy atom. The van der Waals surface area contributed by atoms with Gasteiger partial charge in [-0.1, -0.05) is 260 Å². The van der Waals surface area contributed by atoms with Crippen LogP contribution in [0.3, 0.4) is 0 Å². The largest absolute Gasteiger partial charge is 0.472 e. The summed E-state index contributed by atoms with van der Waals surface area (Å²) in [4.78, 5) is 72.1. The second-order valence-electron chi connectivity index (χ2n) is 23.5. The number of rotatable bonds is 62. The van der Waals surface area contributed by atoms with Gasteiger partial charge in [-0.15, -0.1) is 0 Å². The van der Waals surface area contributed by atoms with Crippen LogP contribution in [0.5, 0.6) is 0 Å². The van der Waals surface area contributed by atoms with Gasteiger partial charge in [-0.2, -0.15) is 0 Å². The molecule has 0 radical (unpaired) electrons. The molecule has 0 bridgehead atoms. The zero-order valence-corrected chi connectivity index (χ0v) is 54.6. The van der Waals surface area contributed by atoms with E-state index < -0.39 is 97.5 Å². The fraction of sp³-hybridized carbons (Fsp3) is 0.937. The minimum Gasteiger partial charge on any atom is -0.462 e. The third kappa shape index (κ3) is 55.9. The number of carbonyl (C=O) groups excluding carboxylic acids is 4. The van der Waals surface area contributed by atoms with Gasteiger partial charge in [0.25, 0.3) is 0 Å². The second kappa shape index (κ2) is 55.6. The second-order valence-corrected chi connectivity index (χ2v) is 26.4. The Labute approximate surface area is 498 Å². The number of unbranched alkanes of at least 4 members (excludes halogenated alkanes) is 31. The molecule has 0 heterocycles. The summed E-state index contributed by atoms with van der Waals surface area (Å²) in [5, 5.41) is 10.5. The zero-order chi connectivity index (χ0) is 60.8. The van der Waals surface area contributed by atoms with E-state index in [9.17, 15) is 43.2 Å². The van der Waals surface area contributed by atoms with Crippen molar-refractivity contribution in [3.63, 3.8) is 0 Å². The smallest absolute Gasteiger partial charge is 0.462 e. The minimum atomic E-state index is -4.94. The predicted molar refractivity (Wildman–Crippen MR) is 326 cm³/mol. The molecule has 0 saturated carbocycles. The summed E-state index contributed by atoms with van der Waals surface area (Å²) in [6, 6.07) is 0. The summed E-state index contributed by atoms with van der Waals surface area (Å²) >= 11 is 0. The van der Waals surface area contributed by atoms with Gasteiger partial charge in [0, 0.05) is 25.7 Å². The van der Waals surface area contributed by atoms with E-state index >= 15 is 0 Å². The highest BCUT2D eigenvalue weighted by molar-refractivity contribution is 7.47. The monoisotopic (exact) mass is 1210 g/mol. The Balaban J connectivity index is 5.25. The molecule has 3 N–H and O–H groups in total. The van der Waals surface area contributed by atoms with Crippen LogP contribution in [-0.4, -0.2) is 96.7 Å². The lowest BCUT2D eigenvalue weighted by molar-refractivity contribution is -0.161. The molecule has 3 unspecified atom stereocenters. The Kier molecular flexibility index (Phi) is 54.3. The highest BCUT2D eigenvalue weighted by atomic mass is 31.2. The van der Waals surface area contributed by atoms with Crippen molar-refractivity contribution in [1.29, 1.82) is 0 Å². The van der Waals surface area contributed by atoms with Crippen molar-refractivity contribution in [1.82, 2.24) is 0 Å². The summed E-state index contributed by atoms with van der Waals surface area (Å²) in [6.07, 6.45) is 37.6. The molecular formula is C63H122O17P2. The van der Waals surface area contributed by atoms with E-state index in [0.717, 1.165) is 102 Å². The number of esters is 4. The molecule has 0 aliphatic carbocycles. The van der Waals surface area contributed by atoms with E-state index in [1.165, 1.54) is 122 Å². The van der Waals surface area contributed by atoms with Crippen LogP contribution in [0, 0.1) is 11.8 Å². The summed E-state index contributed by atoms with van der Waals surface area (Å²) in [5.74, 6) is -0.710. The first-order chi connectivity index (χ1) is 39.4. The lowest BCUT2D eigenvalue weighted by atomic mass is 10.00. The summed E-state index contributed by atoms with van der Waals surface area (Å²) in [5.41, 5.74) is 0. The summed E-state index contributed by atoms with van der Waals surface area (Å²) < 4.78 is 67.9. The number of aliphatic hydroxyl groups excluding tert-OH is 1. The number of hydrogen-bond donors (Lipinski definition) is 3. The molecule has 0 fully saturated rings. The lowest BCUT2D eigenvalue weighted by Gasteiger charge is -2.21. The van der Waals surface area contributed by atoms with Gasteiger partial charge in [-0.25, -0.2) is 9.13 Å². The number of ether oxygens (including phenoxy) is 4. The first-order valence-electron chi connectivity index (χ1n) is 33.0. The molecule has 0 saturated heterocycles. The third-order valence-corrected chi connectivity index (χ3v) is 16.7. The normalized spacial score (nSPS) is 14.7. The van der Waals surface area contributed by atoms with Crippen molar-refractivity contribution in [2.75, 3.05) is 39.6 Å². The average molecular weight is 1210 g/mol. The topological polar surface area (TPSA) is 237 Å². The molecule has 0 rings (SSSR count). The Hall–Kier alpha value is -1.94. The number of phosphoric ester groups is 2. The van der Waals surface area contributed by atoms with Crippen LogP contribution in [0.15, 0.2) is 0 Å². The maximum Gasteiger partial charge on any atom is 0.472 e. The molecule has 0 aliphatic rings. The molecule has 0 amide bonds. The molecule has 6 atom stereocenters. The highest BCUT2D eigenvalue weighted by Gasteiger charge is 2.30. The molecule has 19 heteroatoms. The Morgan fingerprint density at radius 2 is 0.622 bits per heavy atom. The number of hydrogen-bond acceptors (Lipinski definition) is 15. The first-order valence-corrected chi connectivity index (χ1v) is 36.0. The van der Waals surface area contributed by atoms with E-state index in [4.69, 9.17) is 37.0 Å². The van der Waals surface area contributed by atoms with Gasteiger partial charge in [0.1, 0.15) is 19.3 Å². The van der Waals surface area contributed by atoms with Gasteiger partial charge in [0.05, 0.1) is 26.4 Å². The molecule has 486 valence electrons. The van der Waals surface area contributed by atoms with Crippen LogP contribution < -0.4 is 0 Å². The van der Waals surface area contributed by atoms with Crippen molar-refractivity contribution < 1.29 is 80.2 Å². The van der Waals surface area contributed by atoms with Gasteiger partial charge in [-0.3, -0.25) is 37.3 Å².